The monoisotopic (exact) mass is 288 g/mol. The van der Waals surface area contributed by atoms with Crippen LogP contribution in [0.15, 0.2) is 30.3 Å². The third kappa shape index (κ3) is 3.17. The minimum absolute atomic E-state index is 0.0831. The Balaban J connectivity index is 1.63. The van der Waals surface area contributed by atoms with Crippen molar-refractivity contribution in [1.29, 1.82) is 0 Å². The number of hydrogen-bond acceptors (Lipinski definition) is 3. The lowest BCUT2D eigenvalue weighted by atomic mass is 9.88. The summed E-state index contributed by atoms with van der Waals surface area (Å²) in [5.41, 5.74) is 0.951. The van der Waals surface area contributed by atoms with Crippen molar-refractivity contribution in [3.05, 3.63) is 35.9 Å². The van der Waals surface area contributed by atoms with Gasteiger partial charge in [-0.3, -0.25) is 9.69 Å². The zero-order valence-corrected chi connectivity index (χ0v) is 12.0. The quantitative estimate of drug-likeness (QED) is 0.906. The number of amides is 2. The van der Waals surface area contributed by atoms with E-state index in [9.17, 15) is 9.59 Å². The first-order valence-corrected chi connectivity index (χ1v) is 7.51. The van der Waals surface area contributed by atoms with Gasteiger partial charge in [-0.1, -0.05) is 43.2 Å². The highest BCUT2D eigenvalue weighted by Gasteiger charge is 2.39. The van der Waals surface area contributed by atoms with Gasteiger partial charge in [-0.2, -0.15) is 0 Å². The van der Waals surface area contributed by atoms with Crippen LogP contribution in [-0.4, -0.2) is 35.5 Å². The van der Waals surface area contributed by atoms with E-state index in [1.165, 1.54) is 0 Å². The number of hydrogen-bond donors (Lipinski definition) is 1. The Kier molecular flexibility index (Phi) is 4.08. The fourth-order valence-electron chi connectivity index (χ4n) is 3.18. The summed E-state index contributed by atoms with van der Waals surface area (Å²) in [6, 6.07) is 9.75. The zero-order valence-electron chi connectivity index (χ0n) is 12.0. The maximum atomic E-state index is 12.3. The average molecular weight is 288 g/mol. The molecule has 1 saturated carbocycles. The van der Waals surface area contributed by atoms with Gasteiger partial charge in [0.05, 0.1) is 6.04 Å². The number of rotatable bonds is 2. The molecule has 21 heavy (non-hydrogen) atoms. The predicted octanol–water partition coefficient (Wildman–Crippen LogP) is 2.07. The Morgan fingerprint density at radius 2 is 2.00 bits per heavy atom. The Hall–Kier alpha value is -2.04. The van der Waals surface area contributed by atoms with Gasteiger partial charge >= 0.3 is 6.09 Å². The lowest BCUT2D eigenvalue weighted by Crippen LogP contribution is -2.62. The topological polar surface area (TPSA) is 58.6 Å². The molecule has 5 nitrogen and oxygen atoms in total. The maximum absolute atomic E-state index is 12.3. The first-order valence-electron chi connectivity index (χ1n) is 7.51. The first kappa shape index (κ1) is 13.9. The lowest BCUT2D eigenvalue weighted by Gasteiger charge is -2.43. The molecule has 1 aromatic carbocycles. The highest BCUT2D eigenvalue weighted by atomic mass is 16.6. The molecular weight excluding hydrogens is 268 g/mol. The first-order chi connectivity index (χ1) is 10.2. The van der Waals surface area contributed by atoms with E-state index in [1.807, 2.05) is 30.3 Å². The summed E-state index contributed by atoms with van der Waals surface area (Å²) < 4.78 is 5.37. The summed E-state index contributed by atoms with van der Waals surface area (Å²) in [5.74, 6) is -0.0881. The van der Waals surface area contributed by atoms with Crippen molar-refractivity contribution in [1.82, 2.24) is 10.2 Å². The van der Waals surface area contributed by atoms with Gasteiger partial charge in [0.15, 0.2) is 0 Å². The fraction of sp³-hybridized carbons (Fsp3) is 0.500. The Morgan fingerprint density at radius 3 is 2.81 bits per heavy atom. The van der Waals surface area contributed by atoms with Crippen LogP contribution in [0, 0.1) is 0 Å². The van der Waals surface area contributed by atoms with Crippen LogP contribution in [0.25, 0.3) is 0 Å². The molecule has 0 aromatic heterocycles. The SMILES string of the molecule is O=C1CN(C(=O)OCc2ccccc2)[C@H]2CCCC[C@H]2N1. The highest BCUT2D eigenvalue weighted by molar-refractivity contribution is 5.84. The summed E-state index contributed by atoms with van der Waals surface area (Å²) in [7, 11) is 0. The predicted molar refractivity (Wildman–Crippen MR) is 77.5 cm³/mol. The van der Waals surface area contributed by atoms with E-state index in [4.69, 9.17) is 4.74 Å². The standard InChI is InChI=1S/C16H20N2O3/c19-15-10-18(14-9-5-4-8-13(14)17-15)16(20)21-11-12-6-2-1-3-7-12/h1-3,6-7,13-14H,4-5,8-11H2,(H,17,19)/t13-,14+/m1/s1. The number of benzene rings is 1. The summed E-state index contributed by atoms with van der Waals surface area (Å²) in [5, 5.41) is 2.99. The van der Waals surface area contributed by atoms with Gasteiger partial charge < -0.3 is 10.1 Å². The van der Waals surface area contributed by atoms with Crippen LogP contribution in [0.1, 0.15) is 31.2 Å². The van der Waals surface area contributed by atoms with Crippen LogP contribution in [0.5, 0.6) is 0 Å². The van der Waals surface area contributed by atoms with Crippen molar-refractivity contribution in [3.8, 4) is 0 Å². The van der Waals surface area contributed by atoms with Gasteiger partial charge in [-0.15, -0.1) is 0 Å². The van der Waals surface area contributed by atoms with Crippen molar-refractivity contribution < 1.29 is 14.3 Å². The molecule has 2 aliphatic rings. The maximum Gasteiger partial charge on any atom is 0.410 e. The van der Waals surface area contributed by atoms with E-state index in [0.29, 0.717) is 0 Å². The highest BCUT2D eigenvalue weighted by Crippen LogP contribution is 2.26. The molecule has 0 unspecified atom stereocenters. The van der Waals surface area contributed by atoms with Crippen LogP contribution in [0.2, 0.25) is 0 Å². The molecule has 1 aliphatic carbocycles. The molecule has 3 rings (SSSR count). The van der Waals surface area contributed by atoms with Crippen molar-refractivity contribution >= 4 is 12.0 Å². The molecule has 112 valence electrons. The fourth-order valence-corrected chi connectivity index (χ4v) is 3.18. The Morgan fingerprint density at radius 1 is 1.24 bits per heavy atom. The van der Waals surface area contributed by atoms with Crippen molar-refractivity contribution in [2.75, 3.05) is 6.54 Å². The number of carbonyl (C=O) groups excluding carboxylic acids is 2. The average Bonchev–Trinajstić information content (AvgIpc) is 2.52. The largest absolute Gasteiger partial charge is 0.445 e. The molecule has 5 heteroatoms. The van der Waals surface area contributed by atoms with E-state index in [2.05, 4.69) is 5.32 Å². The van der Waals surface area contributed by atoms with Gasteiger partial charge in [0.1, 0.15) is 13.2 Å². The summed E-state index contributed by atoms with van der Waals surface area (Å²) >= 11 is 0. The zero-order chi connectivity index (χ0) is 14.7. The number of nitrogens with one attached hydrogen (secondary N) is 1. The van der Waals surface area contributed by atoms with E-state index in [1.54, 1.807) is 4.90 Å². The van der Waals surface area contributed by atoms with Crippen molar-refractivity contribution in [2.24, 2.45) is 0 Å². The van der Waals surface area contributed by atoms with E-state index in [-0.39, 0.29) is 37.2 Å². The molecule has 0 radical (unpaired) electrons. The number of ether oxygens (including phenoxy) is 1. The molecule has 1 aromatic rings. The summed E-state index contributed by atoms with van der Waals surface area (Å²) in [6.45, 7) is 0.351. The Labute approximate surface area is 124 Å². The molecule has 2 amide bonds. The van der Waals surface area contributed by atoms with Gasteiger partial charge in [0.25, 0.3) is 0 Å². The molecule has 2 fully saturated rings. The molecule has 0 bridgehead atoms. The Bertz CT molecular complexity index is 518. The summed E-state index contributed by atoms with van der Waals surface area (Å²) in [6.07, 6.45) is 3.70. The third-order valence-corrected chi connectivity index (χ3v) is 4.23. The van der Waals surface area contributed by atoms with Crippen LogP contribution >= 0.6 is 0 Å². The van der Waals surface area contributed by atoms with Crippen molar-refractivity contribution in [3.63, 3.8) is 0 Å². The van der Waals surface area contributed by atoms with E-state index < -0.39 is 0 Å². The number of piperazine rings is 1. The second kappa shape index (κ2) is 6.16. The van der Waals surface area contributed by atoms with E-state index in [0.717, 1.165) is 31.2 Å². The summed E-state index contributed by atoms with van der Waals surface area (Å²) in [4.78, 5) is 25.6. The molecular formula is C16H20N2O3. The normalized spacial score (nSPS) is 25.0. The smallest absolute Gasteiger partial charge is 0.410 e. The minimum atomic E-state index is -0.384. The van der Waals surface area contributed by atoms with Gasteiger partial charge in [-0.05, 0) is 18.4 Å². The molecule has 0 spiro atoms. The molecule has 1 aliphatic heterocycles. The van der Waals surface area contributed by atoms with Crippen LogP contribution in [0.3, 0.4) is 0 Å². The van der Waals surface area contributed by atoms with E-state index >= 15 is 0 Å². The number of nitrogens with zero attached hydrogens (tertiary/aromatic N) is 1. The third-order valence-electron chi connectivity index (χ3n) is 4.23. The number of fused-ring (bicyclic) bond motifs is 1. The van der Waals surface area contributed by atoms with Crippen LogP contribution in [-0.2, 0) is 16.1 Å². The van der Waals surface area contributed by atoms with Crippen LogP contribution < -0.4 is 5.32 Å². The minimum Gasteiger partial charge on any atom is -0.445 e. The van der Waals surface area contributed by atoms with Gasteiger partial charge in [0, 0.05) is 6.04 Å². The van der Waals surface area contributed by atoms with Gasteiger partial charge in [0.2, 0.25) is 5.91 Å². The molecule has 1 heterocycles. The molecule has 1 N–H and O–H groups in total. The second-order valence-corrected chi connectivity index (χ2v) is 5.69. The van der Waals surface area contributed by atoms with Crippen molar-refractivity contribution in [2.45, 2.75) is 44.4 Å². The lowest BCUT2D eigenvalue weighted by molar-refractivity contribution is -0.127. The second-order valence-electron chi connectivity index (χ2n) is 5.69. The van der Waals surface area contributed by atoms with Crippen LogP contribution in [0.4, 0.5) is 4.79 Å². The molecule has 2 atom stereocenters. The van der Waals surface area contributed by atoms with Gasteiger partial charge in [-0.25, -0.2) is 4.79 Å². The molecule has 1 saturated heterocycles. The number of carbonyl (C=O) groups is 2.